The Hall–Kier alpha value is -2.65. The van der Waals surface area contributed by atoms with Crippen molar-refractivity contribution in [3.8, 4) is 0 Å². The average Bonchev–Trinajstić information content (AvgIpc) is 3.30. The van der Waals surface area contributed by atoms with Crippen molar-refractivity contribution in [3.63, 3.8) is 0 Å². The first-order valence-corrected chi connectivity index (χ1v) is 10.5. The molecule has 2 aromatic heterocycles. The Morgan fingerprint density at radius 2 is 1.79 bits per heavy atom. The van der Waals surface area contributed by atoms with E-state index in [2.05, 4.69) is 55.1 Å². The third kappa shape index (κ3) is 4.20. The second-order valence-electron chi connectivity index (χ2n) is 7.47. The van der Waals surface area contributed by atoms with Gasteiger partial charge in [0.15, 0.2) is 5.69 Å². The van der Waals surface area contributed by atoms with Gasteiger partial charge in [0.05, 0.1) is 35.4 Å². The van der Waals surface area contributed by atoms with Crippen LogP contribution in [0.1, 0.15) is 38.7 Å². The van der Waals surface area contributed by atoms with Crippen molar-refractivity contribution in [3.05, 3.63) is 58.2 Å². The van der Waals surface area contributed by atoms with Crippen LogP contribution >= 0.6 is 11.7 Å². The first-order valence-electron chi connectivity index (χ1n) is 9.77. The van der Waals surface area contributed by atoms with E-state index in [0.29, 0.717) is 25.3 Å². The molecule has 1 fully saturated rings. The number of rotatable bonds is 5. The third-order valence-electron chi connectivity index (χ3n) is 5.55. The maximum atomic E-state index is 13.0. The van der Waals surface area contributed by atoms with Crippen molar-refractivity contribution < 1.29 is 4.79 Å². The molecule has 0 saturated carbocycles. The SMILES string of the molecule is Cc1ccccc1CN1CCN(C(=O)c2nnn(Cc3nsnc3C)c2C)CC1. The Kier molecular flexibility index (Phi) is 5.68. The van der Waals surface area contributed by atoms with Gasteiger partial charge in [0.1, 0.15) is 0 Å². The smallest absolute Gasteiger partial charge is 0.276 e. The molecule has 1 amide bonds. The standard InChI is InChI=1S/C20H25N7OS/c1-14-6-4-5-7-17(14)12-25-8-10-26(11-9-25)20(28)19-16(3)27(24-21-19)13-18-15(2)22-29-23-18/h4-7H,8-13H2,1-3H3. The Morgan fingerprint density at radius 1 is 1.03 bits per heavy atom. The van der Waals surface area contributed by atoms with E-state index >= 15 is 0 Å². The Bertz CT molecular complexity index is 1000. The number of carbonyl (C=O) groups excluding carboxylic acids is 1. The summed E-state index contributed by atoms with van der Waals surface area (Å²) in [5, 5.41) is 8.34. The molecule has 0 spiro atoms. The molecule has 3 heterocycles. The van der Waals surface area contributed by atoms with Gasteiger partial charge in [0.2, 0.25) is 0 Å². The molecule has 1 aliphatic heterocycles. The number of nitrogens with zero attached hydrogens (tertiary/aromatic N) is 7. The highest BCUT2D eigenvalue weighted by atomic mass is 32.1. The molecule has 1 aliphatic rings. The van der Waals surface area contributed by atoms with Gasteiger partial charge in [0.25, 0.3) is 5.91 Å². The number of hydrogen-bond acceptors (Lipinski definition) is 7. The van der Waals surface area contributed by atoms with Crippen LogP contribution in [0.25, 0.3) is 0 Å². The Morgan fingerprint density at radius 3 is 2.48 bits per heavy atom. The Labute approximate surface area is 174 Å². The van der Waals surface area contributed by atoms with E-state index in [1.165, 1.54) is 22.9 Å². The highest BCUT2D eigenvalue weighted by Gasteiger charge is 2.26. The lowest BCUT2D eigenvalue weighted by atomic mass is 10.1. The van der Waals surface area contributed by atoms with Crippen molar-refractivity contribution in [1.82, 2.24) is 33.5 Å². The van der Waals surface area contributed by atoms with Crippen LogP contribution in [-0.4, -0.2) is 65.6 Å². The molecule has 152 valence electrons. The lowest BCUT2D eigenvalue weighted by Crippen LogP contribution is -2.48. The van der Waals surface area contributed by atoms with Gasteiger partial charge in [-0.05, 0) is 31.9 Å². The maximum Gasteiger partial charge on any atom is 0.276 e. The minimum absolute atomic E-state index is 0.0441. The number of piperazine rings is 1. The predicted octanol–water partition coefficient (Wildman–Crippen LogP) is 2.06. The van der Waals surface area contributed by atoms with Crippen LogP contribution in [0.3, 0.4) is 0 Å². The van der Waals surface area contributed by atoms with Gasteiger partial charge in [-0.2, -0.15) is 8.75 Å². The van der Waals surface area contributed by atoms with E-state index in [4.69, 9.17) is 0 Å². The fraction of sp³-hybridized carbons (Fsp3) is 0.450. The van der Waals surface area contributed by atoms with Gasteiger partial charge in [0, 0.05) is 32.7 Å². The number of amides is 1. The normalized spacial score (nSPS) is 15.1. The molecular weight excluding hydrogens is 386 g/mol. The predicted molar refractivity (Wildman–Crippen MR) is 111 cm³/mol. The van der Waals surface area contributed by atoms with Crippen molar-refractivity contribution in [2.75, 3.05) is 26.2 Å². The molecular formula is C20H25N7OS. The Balaban J connectivity index is 1.37. The largest absolute Gasteiger partial charge is 0.335 e. The topological polar surface area (TPSA) is 80.0 Å². The number of aromatic nitrogens is 5. The summed E-state index contributed by atoms with van der Waals surface area (Å²) < 4.78 is 10.2. The van der Waals surface area contributed by atoms with Gasteiger partial charge in [-0.3, -0.25) is 9.69 Å². The summed E-state index contributed by atoms with van der Waals surface area (Å²) in [5.41, 5.74) is 5.61. The van der Waals surface area contributed by atoms with E-state index in [-0.39, 0.29) is 5.91 Å². The van der Waals surface area contributed by atoms with Crippen LogP contribution in [0.5, 0.6) is 0 Å². The van der Waals surface area contributed by atoms with Crippen LogP contribution in [0.15, 0.2) is 24.3 Å². The van der Waals surface area contributed by atoms with Gasteiger partial charge in [-0.1, -0.05) is 29.5 Å². The summed E-state index contributed by atoms with van der Waals surface area (Å²) >= 11 is 1.19. The molecule has 0 atom stereocenters. The minimum atomic E-state index is -0.0441. The molecule has 0 N–H and O–H groups in total. The quantitative estimate of drug-likeness (QED) is 0.639. The summed E-state index contributed by atoms with van der Waals surface area (Å²) in [6.45, 7) is 10.5. The van der Waals surface area contributed by atoms with Crippen molar-refractivity contribution in [2.45, 2.75) is 33.9 Å². The lowest BCUT2D eigenvalue weighted by Gasteiger charge is -2.34. The first kappa shape index (κ1) is 19.7. The van der Waals surface area contributed by atoms with Crippen LogP contribution < -0.4 is 0 Å². The average molecular weight is 412 g/mol. The fourth-order valence-electron chi connectivity index (χ4n) is 3.53. The monoisotopic (exact) mass is 411 g/mol. The molecule has 29 heavy (non-hydrogen) atoms. The van der Waals surface area contributed by atoms with E-state index in [9.17, 15) is 4.79 Å². The number of carbonyl (C=O) groups is 1. The van der Waals surface area contributed by atoms with E-state index in [0.717, 1.165) is 36.7 Å². The van der Waals surface area contributed by atoms with Crippen LogP contribution in [0.2, 0.25) is 0 Å². The zero-order valence-electron chi connectivity index (χ0n) is 17.0. The third-order valence-corrected chi connectivity index (χ3v) is 6.20. The number of aryl methyl sites for hydroxylation is 2. The zero-order chi connectivity index (χ0) is 20.4. The maximum absolute atomic E-state index is 13.0. The molecule has 8 nitrogen and oxygen atoms in total. The zero-order valence-corrected chi connectivity index (χ0v) is 17.8. The van der Waals surface area contributed by atoms with Crippen molar-refractivity contribution in [1.29, 1.82) is 0 Å². The second kappa shape index (κ2) is 8.38. The molecule has 1 aromatic carbocycles. The lowest BCUT2D eigenvalue weighted by molar-refractivity contribution is 0.0621. The molecule has 4 rings (SSSR count). The van der Waals surface area contributed by atoms with E-state index in [1.807, 2.05) is 18.7 Å². The van der Waals surface area contributed by atoms with Crippen LogP contribution in [-0.2, 0) is 13.1 Å². The molecule has 0 bridgehead atoms. The highest BCUT2D eigenvalue weighted by Crippen LogP contribution is 2.15. The van der Waals surface area contributed by atoms with E-state index < -0.39 is 0 Å². The summed E-state index contributed by atoms with van der Waals surface area (Å²) in [7, 11) is 0. The molecule has 0 radical (unpaired) electrons. The number of hydrogen-bond donors (Lipinski definition) is 0. The van der Waals surface area contributed by atoms with Crippen LogP contribution in [0.4, 0.5) is 0 Å². The molecule has 0 aliphatic carbocycles. The molecule has 9 heteroatoms. The summed E-state index contributed by atoms with van der Waals surface area (Å²) in [6, 6.07) is 8.47. The molecule has 0 unspecified atom stereocenters. The first-order chi connectivity index (χ1) is 14.0. The van der Waals surface area contributed by atoms with Gasteiger partial charge < -0.3 is 4.90 Å². The van der Waals surface area contributed by atoms with Gasteiger partial charge in [-0.25, -0.2) is 4.68 Å². The van der Waals surface area contributed by atoms with Crippen molar-refractivity contribution >= 4 is 17.6 Å². The minimum Gasteiger partial charge on any atom is -0.335 e. The number of benzene rings is 1. The highest BCUT2D eigenvalue weighted by molar-refractivity contribution is 6.99. The van der Waals surface area contributed by atoms with E-state index in [1.54, 1.807) is 4.68 Å². The van der Waals surface area contributed by atoms with Crippen LogP contribution in [0, 0.1) is 20.8 Å². The fourth-order valence-corrected chi connectivity index (χ4v) is 4.09. The summed E-state index contributed by atoms with van der Waals surface area (Å²) in [4.78, 5) is 17.3. The summed E-state index contributed by atoms with van der Waals surface area (Å²) in [6.07, 6.45) is 0. The second-order valence-corrected chi connectivity index (χ2v) is 8.00. The molecule has 3 aromatic rings. The van der Waals surface area contributed by atoms with Crippen molar-refractivity contribution in [2.24, 2.45) is 0 Å². The molecule has 1 saturated heterocycles. The van der Waals surface area contributed by atoms with Gasteiger partial charge in [-0.15, -0.1) is 5.10 Å². The summed E-state index contributed by atoms with van der Waals surface area (Å²) in [5.74, 6) is -0.0441. The van der Waals surface area contributed by atoms with Gasteiger partial charge >= 0.3 is 0 Å².